The molecule has 0 aliphatic heterocycles. The molecule has 1 aromatic heterocycles. The van der Waals surface area contributed by atoms with Crippen molar-refractivity contribution >= 4 is 32.5 Å². The number of halogens is 1. The smallest absolute Gasteiger partial charge is 0.134 e. The standard InChI is InChI=1S/C11H11BrN2O/c1-13-11-10-7(5-6-14-11)9(15-2)4-3-8(10)12/h3-6H,1-2H3,(H,13,14). The average molecular weight is 267 g/mol. The van der Waals surface area contributed by atoms with Gasteiger partial charge in [-0.25, -0.2) is 4.98 Å². The summed E-state index contributed by atoms with van der Waals surface area (Å²) in [6.07, 6.45) is 1.77. The van der Waals surface area contributed by atoms with Crippen molar-refractivity contribution in [2.24, 2.45) is 0 Å². The highest BCUT2D eigenvalue weighted by Crippen LogP contribution is 2.34. The minimum Gasteiger partial charge on any atom is -0.496 e. The molecule has 0 amide bonds. The lowest BCUT2D eigenvalue weighted by atomic mass is 10.1. The third-order valence-corrected chi connectivity index (χ3v) is 2.95. The van der Waals surface area contributed by atoms with Crippen LogP contribution in [0.5, 0.6) is 5.75 Å². The summed E-state index contributed by atoms with van der Waals surface area (Å²) in [5.41, 5.74) is 0. The monoisotopic (exact) mass is 266 g/mol. The van der Waals surface area contributed by atoms with Crippen molar-refractivity contribution in [2.75, 3.05) is 19.5 Å². The number of hydrogen-bond donors (Lipinski definition) is 1. The lowest BCUT2D eigenvalue weighted by molar-refractivity contribution is 0.420. The van der Waals surface area contributed by atoms with Crippen molar-refractivity contribution in [1.82, 2.24) is 4.98 Å². The molecule has 4 heteroatoms. The van der Waals surface area contributed by atoms with E-state index in [9.17, 15) is 0 Å². The zero-order valence-corrected chi connectivity index (χ0v) is 10.1. The van der Waals surface area contributed by atoms with Crippen LogP contribution in [-0.4, -0.2) is 19.1 Å². The van der Waals surface area contributed by atoms with E-state index in [0.29, 0.717) is 0 Å². The number of benzene rings is 1. The lowest BCUT2D eigenvalue weighted by Crippen LogP contribution is -1.94. The fourth-order valence-electron chi connectivity index (χ4n) is 1.60. The highest BCUT2D eigenvalue weighted by Gasteiger charge is 2.08. The summed E-state index contributed by atoms with van der Waals surface area (Å²) < 4.78 is 6.32. The number of fused-ring (bicyclic) bond motifs is 1. The Morgan fingerprint density at radius 2 is 2.13 bits per heavy atom. The minimum absolute atomic E-state index is 0.846. The summed E-state index contributed by atoms with van der Waals surface area (Å²) in [5, 5.41) is 5.15. The Bertz CT molecular complexity index is 499. The van der Waals surface area contributed by atoms with E-state index in [0.717, 1.165) is 26.8 Å². The Kier molecular flexibility index (Phi) is 2.77. The maximum absolute atomic E-state index is 5.31. The van der Waals surface area contributed by atoms with Gasteiger partial charge in [0.2, 0.25) is 0 Å². The van der Waals surface area contributed by atoms with Crippen LogP contribution >= 0.6 is 15.9 Å². The predicted octanol–water partition coefficient (Wildman–Crippen LogP) is 3.05. The van der Waals surface area contributed by atoms with Crippen LogP contribution in [0.2, 0.25) is 0 Å². The summed E-state index contributed by atoms with van der Waals surface area (Å²) in [5.74, 6) is 1.70. The summed E-state index contributed by atoms with van der Waals surface area (Å²) in [6, 6.07) is 5.84. The minimum atomic E-state index is 0.846. The van der Waals surface area contributed by atoms with Crippen LogP contribution in [0.15, 0.2) is 28.9 Å². The van der Waals surface area contributed by atoms with E-state index in [1.807, 2.05) is 25.2 Å². The van der Waals surface area contributed by atoms with Crippen molar-refractivity contribution in [1.29, 1.82) is 0 Å². The van der Waals surface area contributed by atoms with E-state index in [1.165, 1.54) is 0 Å². The molecular formula is C11H11BrN2O. The van der Waals surface area contributed by atoms with Gasteiger partial charge in [-0.1, -0.05) is 15.9 Å². The van der Waals surface area contributed by atoms with Crippen molar-refractivity contribution in [3.05, 3.63) is 28.9 Å². The van der Waals surface area contributed by atoms with Gasteiger partial charge in [0, 0.05) is 28.5 Å². The molecule has 0 atom stereocenters. The van der Waals surface area contributed by atoms with Crippen LogP contribution in [0.3, 0.4) is 0 Å². The first-order valence-corrected chi connectivity index (χ1v) is 5.36. The van der Waals surface area contributed by atoms with E-state index in [4.69, 9.17) is 4.74 Å². The van der Waals surface area contributed by atoms with Gasteiger partial charge in [0.15, 0.2) is 0 Å². The van der Waals surface area contributed by atoms with Gasteiger partial charge in [-0.3, -0.25) is 0 Å². The first-order chi connectivity index (χ1) is 7.27. The van der Waals surface area contributed by atoms with Gasteiger partial charge in [-0.2, -0.15) is 0 Å². The van der Waals surface area contributed by atoms with Crippen LogP contribution in [-0.2, 0) is 0 Å². The quantitative estimate of drug-likeness (QED) is 0.908. The van der Waals surface area contributed by atoms with Crippen molar-refractivity contribution in [3.63, 3.8) is 0 Å². The van der Waals surface area contributed by atoms with Gasteiger partial charge in [0.05, 0.1) is 7.11 Å². The fraction of sp³-hybridized carbons (Fsp3) is 0.182. The maximum Gasteiger partial charge on any atom is 0.134 e. The molecule has 15 heavy (non-hydrogen) atoms. The average Bonchev–Trinajstić information content (AvgIpc) is 2.29. The number of rotatable bonds is 2. The molecule has 0 aliphatic carbocycles. The maximum atomic E-state index is 5.31. The molecule has 2 aromatic rings. The summed E-state index contributed by atoms with van der Waals surface area (Å²) in [6.45, 7) is 0. The number of nitrogens with zero attached hydrogens (tertiary/aromatic N) is 1. The number of pyridine rings is 1. The summed E-state index contributed by atoms with van der Waals surface area (Å²) in [7, 11) is 3.52. The van der Waals surface area contributed by atoms with E-state index < -0.39 is 0 Å². The van der Waals surface area contributed by atoms with Gasteiger partial charge in [-0.05, 0) is 18.2 Å². The molecule has 78 valence electrons. The Morgan fingerprint density at radius 1 is 1.33 bits per heavy atom. The second kappa shape index (κ2) is 4.06. The third-order valence-electron chi connectivity index (χ3n) is 2.29. The van der Waals surface area contributed by atoms with Gasteiger partial charge >= 0.3 is 0 Å². The third kappa shape index (κ3) is 1.65. The van der Waals surface area contributed by atoms with Crippen LogP contribution in [0.1, 0.15) is 0 Å². The molecule has 0 bridgehead atoms. The topological polar surface area (TPSA) is 34.2 Å². The van der Waals surface area contributed by atoms with E-state index in [-0.39, 0.29) is 0 Å². The van der Waals surface area contributed by atoms with Gasteiger partial charge < -0.3 is 10.1 Å². The fourth-order valence-corrected chi connectivity index (χ4v) is 2.13. The molecule has 0 saturated carbocycles. The number of aromatic nitrogens is 1. The van der Waals surface area contributed by atoms with Crippen molar-refractivity contribution in [2.45, 2.75) is 0 Å². The van der Waals surface area contributed by atoms with Crippen LogP contribution in [0.25, 0.3) is 10.8 Å². The largest absolute Gasteiger partial charge is 0.496 e. The predicted molar refractivity (Wildman–Crippen MR) is 65.5 cm³/mol. The van der Waals surface area contributed by atoms with E-state index in [2.05, 4.69) is 26.2 Å². The second-order valence-corrected chi connectivity index (χ2v) is 3.94. The summed E-state index contributed by atoms with van der Waals surface area (Å²) >= 11 is 3.52. The first-order valence-electron chi connectivity index (χ1n) is 4.57. The zero-order chi connectivity index (χ0) is 10.8. The number of hydrogen-bond acceptors (Lipinski definition) is 3. The Hall–Kier alpha value is -1.29. The van der Waals surface area contributed by atoms with E-state index in [1.54, 1.807) is 13.3 Å². The Balaban J connectivity index is 2.86. The number of ether oxygens (including phenoxy) is 1. The highest BCUT2D eigenvalue weighted by molar-refractivity contribution is 9.10. The van der Waals surface area contributed by atoms with Crippen molar-refractivity contribution in [3.8, 4) is 5.75 Å². The summed E-state index contributed by atoms with van der Waals surface area (Å²) in [4.78, 5) is 4.26. The second-order valence-electron chi connectivity index (χ2n) is 3.08. The molecule has 1 N–H and O–H groups in total. The van der Waals surface area contributed by atoms with Gasteiger partial charge in [0.1, 0.15) is 11.6 Å². The number of anilines is 1. The molecule has 0 fully saturated rings. The van der Waals surface area contributed by atoms with Crippen LogP contribution in [0.4, 0.5) is 5.82 Å². The van der Waals surface area contributed by atoms with Crippen LogP contribution < -0.4 is 10.1 Å². The molecule has 3 nitrogen and oxygen atoms in total. The molecule has 1 aromatic carbocycles. The molecule has 0 saturated heterocycles. The highest BCUT2D eigenvalue weighted by atomic mass is 79.9. The first kappa shape index (κ1) is 10.2. The van der Waals surface area contributed by atoms with E-state index >= 15 is 0 Å². The SMILES string of the molecule is CNc1nccc2c(OC)ccc(Br)c12. The molecular weight excluding hydrogens is 256 g/mol. The molecule has 0 radical (unpaired) electrons. The molecule has 2 rings (SSSR count). The lowest BCUT2D eigenvalue weighted by Gasteiger charge is -2.10. The van der Waals surface area contributed by atoms with Gasteiger partial charge in [0.25, 0.3) is 0 Å². The molecule has 0 unspecified atom stereocenters. The van der Waals surface area contributed by atoms with Crippen molar-refractivity contribution < 1.29 is 4.74 Å². The zero-order valence-electron chi connectivity index (χ0n) is 8.54. The Morgan fingerprint density at radius 3 is 2.80 bits per heavy atom. The van der Waals surface area contributed by atoms with Gasteiger partial charge in [-0.15, -0.1) is 0 Å². The number of methoxy groups -OCH3 is 1. The molecule has 0 spiro atoms. The molecule has 0 aliphatic rings. The normalized spacial score (nSPS) is 10.3. The Labute approximate surface area is 96.6 Å². The van der Waals surface area contributed by atoms with Crippen LogP contribution in [0, 0.1) is 0 Å². The number of nitrogens with one attached hydrogen (secondary N) is 1. The molecule has 1 heterocycles.